The first-order valence-electron chi connectivity index (χ1n) is 3.39. The second-order valence-corrected chi connectivity index (χ2v) is 2.50. The van der Waals surface area contributed by atoms with Crippen molar-refractivity contribution < 1.29 is 4.39 Å². The molecule has 0 saturated carbocycles. The lowest BCUT2D eigenvalue weighted by molar-refractivity contribution is 0.0655. The lowest BCUT2D eigenvalue weighted by Gasteiger charge is -2.33. The molecule has 0 aliphatic carbocycles. The van der Waals surface area contributed by atoms with Gasteiger partial charge in [-0.25, -0.2) is 4.39 Å². The number of likely N-dealkylation sites (tertiary alicyclic amines) is 1. The summed E-state index contributed by atoms with van der Waals surface area (Å²) in [5, 5.41) is 0. The molecule has 1 heterocycles. The molecule has 70 valence electrons. The number of rotatable bonds is 3. The van der Waals surface area contributed by atoms with Crippen LogP contribution >= 0.6 is 24.8 Å². The molecule has 1 fully saturated rings. The standard InChI is InChI=1S/C6H13FN2.2ClH/c7-6-4-9(5-6)3-1-2-8;;/h6H,1-5,8H2;2*1H. The summed E-state index contributed by atoms with van der Waals surface area (Å²) in [6.45, 7) is 2.93. The smallest absolute Gasteiger partial charge is 0.125 e. The minimum atomic E-state index is -0.567. The first kappa shape index (κ1) is 14.0. The van der Waals surface area contributed by atoms with E-state index in [-0.39, 0.29) is 24.8 Å². The molecule has 0 spiro atoms. The van der Waals surface area contributed by atoms with Crippen LogP contribution in [-0.2, 0) is 0 Å². The van der Waals surface area contributed by atoms with Crippen LogP contribution in [0, 0.1) is 0 Å². The second-order valence-electron chi connectivity index (χ2n) is 2.50. The van der Waals surface area contributed by atoms with E-state index in [9.17, 15) is 4.39 Å². The minimum absolute atomic E-state index is 0. The second kappa shape index (κ2) is 7.10. The molecule has 0 aromatic rings. The van der Waals surface area contributed by atoms with Gasteiger partial charge in [0.15, 0.2) is 0 Å². The number of hydrogen-bond acceptors (Lipinski definition) is 2. The largest absolute Gasteiger partial charge is 0.330 e. The molecule has 1 saturated heterocycles. The summed E-state index contributed by atoms with van der Waals surface area (Å²) >= 11 is 0. The highest BCUT2D eigenvalue weighted by atomic mass is 35.5. The van der Waals surface area contributed by atoms with Gasteiger partial charge in [-0.2, -0.15) is 0 Å². The van der Waals surface area contributed by atoms with Crippen molar-refractivity contribution >= 4 is 24.8 Å². The van der Waals surface area contributed by atoms with E-state index in [0.717, 1.165) is 13.0 Å². The molecular weight excluding hydrogens is 190 g/mol. The molecule has 0 amide bonds. The van der Waals surface area contributed by atoms with E-state index >= 15 is 0 Å². The zero-order valence-corrected chi connectivity index (χ0v) is 7.96. The van der Waals surface area contributed by atoms with Crippen molar-refractivity contribution in [2.75, 3.05) is 26.2 Å². The van der Waals surface area contributed by atoms with Gasteiger partial charge in [0, 0.05) is 13.1 Å². The van der Waals surface area contributed by atoms with Gasteiger partial charge in [-0.05, 0) is 19.5 Å². The van der Waals surface area contributed by atoms with Gasteiger partial charge in [-0.3, -0.25) is 4.90 Å². The van der Waals surface area contributed by atoms with Crippen LogP contribution < -0.4 is 5.73 Å². The number of halogens is 3. The van der Waals surface area contributed by atoms with Crippen LogP contribution in [0.4, 0.5) is 4.39 Å². The molecule has 2 nitrogen and oxygen atoms in total. The van der Waals surface area contributed by atoms with Crippen molar-refractivity contribution in [1.82, 2.24) is 4.90 Å². The van der Waals surface area contributed by atoms with Crippen LogP contribution in [0.5, 0.6) is 0 Å². The van der Waals surface area contributed by atoms with E-state index in [1.807, 2.05) is 0 Å². The molecule has 1 aliphatic rings. The van der Waals surface area contributed by atoms with Gasteiger partial charge < -0.3 is 5.73 Å². The van der Waals surface area contributed by atoms with Crippen molar-refractivity contribution in [2.24, 2.45) is 5.73 Å². The molecule has 11 heavy (non-hydrogen) atoms. The summed E-state index contributed by atoms with van der Waals surface area (Å²) in [5.74, 6) is 0. The Bertz CT molecular complexity index is 88.7. The van der Waals surface area contributed by atoms with Crippen molar-refractivity contribution in [2.45, 2.75) is 12.6 Å². The van der Waals surface area contributed by atoms with Crippen LogP contribution in [-0.4, -0.2) is 37.3 Å². The Labute approximate surface area is 79.1 Å². The predicted molar refractivity (Wildman–Crippen MR) is 49.5 cm³/mol. The molecule has 0 aromatic carbocycles. The third-order valence-electron chi connectivity index (χ3n) is 1.59. The first-order chi connectivity index (χ1) is 4.33. The van der Waals surface area contributed by atoms with E-state index in [4.69, 9.17) is 5.73 Å². The van der Waals surface area contributed by atoms with E-state index < -0.39 is 6.17 Å². The van der Waals surface area contributed by atoms with Crippen LogP contribution in [0.2, 0.25) is 0 Å². The quantitative estimate of drug-likeness (QED) is 0.739. The topological polar surface area (TPSA) is 29.3 Å². The predicted octanol–water partition coefficient (Wildman–Crippen LogP) is 0.833. The molecular formula is C6H15Cl2FN2. The molecule has 0 bridgehead atoms. The molecule has 2 N–H and O–H groups in total. The van der Waals surface area contributed by atoms with E-state index in [1.54, 1.807) is 0 Å². The average molecular weight is 205 g/mol. The van der Waals surface area contributed by atoms with Crippen LogP contribution in [0.15, 0.2) is 0 Å². The zero-order chi connectivity index (χ0) is 6.69. The molecule has 0 unspecified atom stereocenters. The Kier molecular flexibility index (Phi) is 9.02. The van der Waals surface area contributed by atoms with Gasteiger partial charge >= 0.3 is 0 Å². The fraction of sp³-hybridized carbons (Fsp3) is 1.00. The van der Waals surface area contributed by atoms with Gasteiger partial charge in [0.05, 0.1) is 0 Å². The molecule has 1 rings (SSSR count). The van der Waals surface area contributed by atoms with E-state index in [1.165, 1.54) is 0 Å². The lowest BCUT2D eigenvalue weighted by Crippen LogP contribution is -2.48. The minimum Gasteiger partial charge on any atom is -0.330 e. The number of hydrogen-bond donors (Lipinski definition) is 1. The summed E-state index contributed by atoms with van der Waals surface area (Å²) in [5.41, 5.74) is 5.27. The average Bonchev–Trinajstić information content (AvgIpc) is 1.78. The third kappa shape index (κ3) is 4.80. The SMILES string of the molecule is Cl.Cl.NCCCN1CC(F)C1. The van der Waals surface area contributed by atoms with Gasteiger partial charge in [-0.1, -0.05) is 0 Å². The maximum absolute atomic E-state index is 12.1. The van der Waals surface area contributed by atoms with E-state index in [0.29, 0.717) is 19.6 Å². The fourth-order valence-corrected chi connectivity index (χ4v) is 1.00. The van der Waals surface area contributed by atoms with Gasteiger partial charge in [0.25, 0.3) is 0 Å². The van der Waals surface area contributed by atoms with Crippen LogP contribution in [0.3, 0.4) is 0 Å². The monoisotopic (exact) mass is 204 g/mol. The molecule has 0 aromatic heterocycles. The molecule has 1 aliphatic heterocycles. The maximum atomic E-state index is 12.1. The third-order valence-corrected chi connectivity index (χ3v) is 1.59. The summed E-state index contributed by atoms with van der Waals surface area (Å²) in [6.07, 6.45) is 0.426. The molecule has 5 heteroatoms. The summed E-state index contributed by atoms with van der Waals surface area (Å²) < 4.78 is 12.1. The molecule has 0 atom stereocenters. The number of nitrogens with two attached hydrogens (primary N) is 1. The highest BCUT2D eigenvalue weighted by molar-refractivity contribution is 5.85. The summed E-state index contributed by atoms with van der Waals surface area (Å²) in [6, 6.07) is 0. The van der Waals surface area contributed by atoms with Crippen molar-refractivity contribution in [3.05, 3.63) is 0 Å². The number of nitrogens with zero attached hydrogens (tertiary/aromatic N) is 1. The Morgan fingerprint density at radius 3 is 2.27 bits per heavy atom. The van der Waals surface area contributed by atoms with Gasteiger partial charge in [0.2, 0.25) is 0 Å². The Morgan fingerprint density at radius 1 is 1.36 bits per heavy atom. The molecule has 0 radical (unpaired) electrons. The van der Waals surface area contributed by atoms with Crippen LogP contribution in [0.1, 0.15) is 6.42 Å². The summed E-state index contributed by atoms with van der Waals surface area (Å²) in [4.78, 5) is 2.08. The summed E-state index contributed by atoms with van der Waals surface area (Å²) in [7, 11) is 0. The highest BCUT2D eigenvalue weighted by Crippen LogP contribution is 2.10. The Balaban J connectivity index is 0. The maximum Gasteiger partial charge on any atom is 0.125 e. The van der Waals surface area contributed by atoms with Gasteiger partial charge in [0.1, 0.15) is 6.17 Å². The van der Waals surface area contributed by atoms with Crippen molar-refractivity contribution in [1.29, 1.82) is 0 Å². The highest BCUT2D eigenvalue weighted by Gasteiger charge is 2.24. The Morgan fingerprint density at radius 2 is 1.91 bits per heavy atom. The first-order valence-corrected chi connectivity index (χ1v) is 3.39. The van der Waals surface area contributed by atoms with Gasteiger partial charge in [-0.15, -0.1) is 24.8 Å². The normalized spacial score (nSPS) is 18.0. The fourth-order valence-electron chi connectivity index (χ4n) is 1.00. The van der Waals surface area contributed by atoms with E-state index in [2.05, 4.69) is 4.90 Å². The Hall–Kier alpha value is 0.430. The van der Waals surface area contributed by atoms with Crippen molar-refractivity contribution in [3.8, 4) is 0 Å². The van der Waals surface area contributed by atoms with Crippen LogP contribution in [0.25, 0.3) is 0 Å². The lowest BCUT2D eigenvalue weighted by atomic mass is 10.2. The van der Waals surface area contributed by atoms with Crippen molar-refractivity contribution in [3.63, 3.8) is 0 Å². The zero-order valence-electron chi connectivity index (χ0n) is 6.33. The number of alkyl halides is 1.